The number of halogens is 1. The molecule has 3 aromatic rings. The van der Waals surface area contributed by atoms with E-state index in [0.29, 0.717) is 13.2 Å². The summed E-state index contributed by atoms with van der Waals surface area (Å²) in [4.78, 5) is 14.0. The molecule has 0 amide bonds. The van der Waals surface area contributed by atoms with Crippen LogP contribution in [0.4, 0.5) is 0 Å². The SMILES string of the molecule is O=C(O)C1CCCN(C(c2ccc(Br)cc2)c2cccc(OCc3ccccc3)c2)C1. The molecule has 2 atom stereocenters. The van der Waals surface area contributed by atoms with Gasteiger partial charge in [-0.3, -0.25) is 9.69 Å². The first-order valence-electron chi connectivity index (χ1n) is 10.6. The van der Waals surface area contributed by atoms with Gasteiger partial charge in [0.1, 0.15) is 12.4 Å². The third-order valence-corrected chi connectivity index (χ3v) is 6.30. The number of piperidine rings is 1. The van der Waals surface area contributed by atoms with Crippen LogP contribution < -0.4 is 4.74 Å². The Morgan fingerprint density at radius 3 is 2.55 bits per heavy atom. The van der Waals surface area contributed by atoms with Crippen molar-refractivity contribution in [2.75, 3.05) is 13.1 Å². The summed E-state index contributed by atoms with van der Waals surface area (Å²) in [6.07, 6.45) is 1.62. The van der Waals surface area contributed by atoms with Gasteiger partial charge in [0.15, 0.2) is 0 Å². The molecule has 0 aromatic heterocycles. The standard InChI is InChI=1S/C26H26BrNO3/c27-23-13-11-20(12-14-23)25(28-15-5-9-22(17-28)26(29)30)21-8-4-10-24(16-21)31-18-19-6-2-1-3-7-19/h1-4,6-8,10-14,16,22,25H,5,9,15,17-18H2,(H,29,30). The van der Waals surface area contributed by atoms with E-state index in [9.17, 15) is 9.90 Å². The van der Waals surface area contributed by atoms with Crippen LogP contribution in [0.5, 0.6) is 5.75 Å². The van der Waals surface area contributed by atoms with Crippen molar-refractivity contribution < 1.29 is 14.6 Å². The van der Waals surface area contributed by atoms with E-state index in [0.717, 1.165) is 46.3 Å². The van der Waals surface area contributed by atoms with Crippen molar-refractivity contribution in [3.63, 3.8) is 0 Å². The first-order valence-corrected chi connectivity index (χ1v) is 11.4. The quantitative estimate of drug-likeness (QED) is 0.457. The third-order valence-electron chi connectivity index (χ3n) is 5.78. The second-order valence-electron chi connectivity index (χ2n) is 7.97. The van der Waals surface area contributed by atoms with E-state index in [1.807, 2.05) is 54.6 Å². The maximum Gasteiger partial charge on any atom is 0.307 e. The van der Waals surface area contributed by atoms with Crippen LogP contribution in [-0.4, -0.2) is 29.1 Å². The van der Waals surface area contributed by atoms with Crippen molar-refractivity contribution in [3.8, 4) is 5.75 Å². The second kappa shape index (κ2) is 10.1. The molecular weight excluding hydrogens is 454 g/mol. The third kappa shape index (κ3) is 5.54. The second-order valence-corrected chi connectivity index (χ2v) is 8.89. The monoisotopic (exact) mass is 479 g/mol. The molecule has 1 aliphatic heterocycles. The smallest absolute Gasteiger partial charge is 0.307 e. The number of carboxylic acids is 1. The fourth-order valence-electron chi connectivity index (χ4n) is 4.22. The summed E-state index contributed by atoms with van der Waals surface area (Å²) >= 11 is 3.52. The number of hydrogen-bond donors (Lipinski definition) is 1. The number of carboxylic acid groups (broad SMARTS) is 1. The highest BCUT2D eigenvalue weighted by atomic mass is 79.9. The number of likely N-dealkylation sites (tertiary alicyclic amines) is 1. The van der Waals surface area contributed by atoms with Crippen LogP contribution in [0.15, 0.2) is 83.3 Å². The van der Waals surface area contributed by atoms with E-state index in [-0.39, 0.29) is 12.0 Å². The van der Waals surface area contributed by atoms with Crippen molar-refractivity contribution in [1.29, 1.82) is 0 Å². The first-order chi connectivity index (χ1) is 15.1. The Kier molecular flexibility index (Phi) is 7.05. The predicted molar refractivity (Wildman–Crippen MR) is 125 cm³/mol. The highest BCUT2D eigenvalue weighted by molar-refractivity contribution is 9.10. The van der Waals surface area contributed by atoms with Crippen LogP contribution in [0, 0.1) is 5.92 Å². The van der Waals surface area contributed by atoms with Crippen LogP contribution >= 0.6 is 15.9 Å². The summed E-state index contributed by atoms with van der Waals surface area (Å²) < 4.78 is 7.09. The van der Waals surface area contributed by atoms with Gasteiger partial charge in [-0.05, 0) is 60.3 Å². The zero-order valence-corrected chi connectivity index (χ0v) is 18.9. The van der Waals surface area contributed by atoms with E-state index in [1.54, 1.807) is 0 Å². The van der Waals surface area contributed by atoms with Gasteiger partial charge >= 0.3 is 5.97 Å². The minimum atomic E-state index is -0.709. The zero-order chi connectivity index (χ0) is 21.6. The van der Waals surface area contributed by atoms with Crippen LogP contribution in [0.25, 0.3) is 0 Å². The molecule has 0 bridgehead atoms. The summed E-state index contributed by atoms with van der Waals surface area (Å²) in [7, 11) is 0. The molecule has 5 heteroatoms. The molecule has 0 radical (unpaired) electrons. The van der Waals surface area contributed by atoms with Gasteiger partial charge in [0.2, 0.25) is 0 Å². The number of carbonyl (C=O) groups is 1. The first kappa shape index (κ1) is 21.6. The summed E-state index contributed by atoms with van der Waals surface area (Å²) in [5.41, 5.74) is 3.38. The van der Waals surface area contributed by atoms with Crippen molar-refractivity contribution >= 4 is 21.9 Å². The van der Waals surface area contributed by atoms with Gasteiger partial charge in [-0.1, -0.05) is 70.5 Å². The van der Waals surface area contributed by atoms with E-state index < -0.39 is 5.97 Å². The number of aliphatic carboxylic acids is 1. The number of nitrogens with zero attached hydrogens (tertiary/aromatic N) is 1. The topological polar surface area (TPSA) is 49.8 Å². The van der Waals surface area contributed by atoms with Crippen LogP contribution in [0.1, 0.15) is 35.6 Å². The lowest BCUT2D eigenvalue weighted by molar-refractivity contribution is -0.143. The van der Waals surface area contributed by atoms with Gasteiger partial charge in [0, 0.05) is 11.0 Å². The lowest BCUT2D eigenvalue weighted by atomic mass is 9.91. The molecule has 1 N–H and O–H groups in total. The van der Waals surface area contributed by atoms with E-state index in [2.05, 4.69) is 45.1 Å². The summed E-state index contributed by atoms with van der Waals surface area (Å²) in [5, 5.41) is 9.58. The molecule has 160 valence electrons. The molecule has 4 rings (SSSR count). The fourth-order valence-corrected chi connectivity index (χ4v) is 4.48. The number of benzene rings is 3. The zero-order valence-electron chi connectivity index (χ0n) is 17.3. The Hall–Kier alpha value is -2.63. The molecule has 0 saturated carbocycles. The fraction of sp³-hybridized carbons (Fsp3) is 0.269. The van der Waals surface area contributed by atoms with Gasteiger partial charge < -0.3 is 9.84 Å². The normalized spacial score (nSPS) is 17.8. The van der Waals surface area contributed by atoms with Gasteiger partial charge in [-0.15, -0.1) is 0 Å². The summed E-state index contributed by atoms with van der Waals surface area (Å²) in [6.45, 7) is 1.93. The van der Waals surface area contributed by atoms with Gasteiger partial charge in [-0.2, -0.15) is 0 Å². The van der Waals surface area contributed by atoms with Crippen molar-refractivity contribution in [1.82, 2.24) is 4.90 Å². The summed E-state index contributed by atoms with van der Waals surface area (Å²) in [6, 6.07) is 26.6. The molecule has 0 aliphatic carbocycles. The van der Waals surface area contributed by atoms with E-state index in [4.69, 9.17) is 4.74 Å². The molecule has 1 saturated heterocycles. The highest BCUT2D eigenvalue weighted by Gasteiger charge is 2.31. The maximum atomic E-state index is 11.7. The number of ether oxygens (including phenoxy) is 1. The molecule has 2 unspecified atom stereocenters. The molecule has 4 nitrogen and oxygen atoms in total. The largest absolute Gasteiger partial charge is 0.489 e. The molecule has 0 spiro atoms. The number of hydrogen-bond acceptors (Lipinski definition) is 3. The lowest BCUT2D eigenvalue weighted by Gasteiger charge is -2.37. The predicted octanol–water partition coefficient (Wildman–Crippen LogP) is 5.91. The molecule has 1 fully saturated rings. The van der Waals surface area contributed by atoms with Gasteiger partial charge in [0.05, 0.1) is 12.0 Å². The van der Waals surface area contributed by atoms with Crippen LogP contribution in [-0.2, 0) is 11.4 Å². The van der Waals surface area contributed by atoms with E-state index >= 15 is 0 Å². The van der Waals surface area contributed by atoms with Crippen molar-refractivity contribution in [2.45, 2.75) is 25.5 Å². The highest BCUT2D eigenvalue weighted by Crippen LogP contribution is 2.34. The minimum Gasteiger partial charge on any atom is -0.489 e. The Balaban J connectivity index is 1.62. The Morgan fingerprint density at radius 2 is 1.81 bits per heavy atom. The van der Waals surface area contributed by atoms with Crippen LogP contribution in [0.2, 0.25) is 0 Å². The Bertz CT molecular complexity index is 1010. The Morgan fingerprint density at radius 1 is 1.03 bits per heavy atom. The minimum absolute atomic E-state index is 0.0180. The molecule has 1 aliphatic rings. The average molecular weight is 480 g/mol. The van der Waals surface area contributed by atoms with Crippen molar-refractivity contribution in [3.05, 3.63) is 100 Å². The lowest BCUT2D eigenvalue weighted by Crippen LogP contribution is -2.41. The summed E-state index contributed by atoms with van der Waals surface area (Å²) in [5.74, 6) is -0.223. The van der Waals surface area contributed by atoms with Gasteiger partial charge in [0.25, 0.3) is 0 Å². The van der Waals surface area contributed by atoms with Crippen LogP contribution in [0.3, 0.4) is 0 Å². The van der Waals surface area contributed by atoms with Gasteiger partial charge in [-0.25, -0.2) is 0 Å². The van der Waals surface area contributed by atoms with E-state index in [1.165, 1.54) is 0 Å². The molecule has 1 heterocycles. The van der Waals surface area contributed by atoms with Crippen molar-refractivity contribution in [2.24, 2.45) is 5.92 Å². The average Bonchev–Trinajstić information content (AvgIpc) is 2.80. The maximum absolute atomic E-state index is 11.7. The Labute approximate surface area is 191 Å². The molecule has 3 aromatic carbocycles. The number of rotatable bonds is 7. The molecular formula is C26H26BrNO3. The molecule has 31 heavy (non-hydrogen) atoms.